The predicted octanol–water partition coefficient (Wildman–Crippen LogP) is 4.46. The van der Waals surface area contributed by atoms with Gasteiger partial charge in [0.25, 0.3) is 0 Å². The molecule has 0 fully saturated rings. The SMILES string of the molecule is O=C(Cc1c(F)cccc1Cl)NCc1ccnc(-c2cccs2)c1. The zero-order valence-corrected chi connectivity index (χ0v) is 14.2. The van der Waals surface area contributed by atoms with Gasteiger partial charge in [-0.05, 0) is 41.3 Å². The monoisotopic (exact) mass is 360 g/mol. The summed E-state index contributed by atoms with van der Waals surface area (Å²) >= 11 is 7.55. The van der Waals surface area contributed by atoms with Gasteiger partial charge in [-0.25, -0.2) is 4.39 Å². The van der Waals surface area contributed by atoms with Crippen LogP contribution < -0.4 is 5.32 Å². The van der Waals surface area contributed by atoms with Crippen molar-refractivity contribution in [1.82, 2.24) is 10.3 Å². The molecule has 0 aliphatic heterocycles. The number of amides is 1. The number of aromatic nitrogens is 1. The van der Waals surface area contributed by atoms with E-state index >= 15 is 0 Å². The number of nitrogens with one attached hydrogen (secondary N) is 1. The first kappa shape index (κ1) is 16.6. The molecule has 0 saturated heterocycles. The second-order valence-corrected chi connectivity index (χ2v) is 6.54. The summed E-state index contributed by atoms with van der Waals surface area (Å²) in [6.45, 7) is 0.353. The first-order valence-corrected chi connectivity index (χ1v) is 8.57. The molecular formula is C18H14ClFN2OS. The van der Waals surface area contributed by atoms with Crippen molar-refractivity contribution in [2.24, 2.45) is 0 Å². The summed E-state index contributed by atoms with van der Waals surface area (Å²) < 4.78 is 13.7. The fourth-order valence-corrected chi connectivity index (χ4v) is 3.19. The van der Waals surface area contributed by atoms with Crippen molar-refractivity contribution in [1.29, 1.82) is 0 Å². The number of halogens is 2. The molecule has 1 aromatic carbocycles. The molecule has 1 N–H and O–H groups in total. The summed E-state index contributed by atoms with van der Waals surface area (Å²) in [7, 11) is 0. The Labute approximate surface area is 148 Å². The molecule has 0 spiro atoms. The van der Waals surface area contributed by atoms with Crippen LogP contribution in [0.5, 0.6) is 0 Å². The number of nitrogens with zero attached hydrogens (tertiary/aromatic N) is 1. The van der Waals surface area contributed by atoms with Crippen LogP contribution in [0.15, 0.2) is 54.0 Å². The van der Waals surface area contributed by atoms with Gasteiger partial charge in [-0.2, -0.15) is 0 Å². The Kier molecular flexibility index (Phi) is 5.23. The third-order valence-electron chi connectivity index (χ3n) is 3.49. The minimum Gasteiger partial charge on any atom is -0.352 e. The number of thiophene rings is 1. The third-order valence-corrected chi connectivity index (χ3v) is 4.73. The molecule has 0 unspecified atom stereocenters. The normalized spacial score (nSPS) is 10.6. The average molecular weight is 361 g/mol. The second kappa shape index (κ2) is 7.55. The van der Waals surface area contributed by atoms with Gasteiger partial charge < -0.3 is 5.32 Å². The van der Waals surface area contributed by atoms with Gasteiger partial charge in [0.2, 0.25) is 5.91 Å². The molecule has 2 heterocycles. The lowest BCUT2D eigenvalue weighted by Gasteiger charge is -2.08. The smallest absolute Gasteiger partial charge is 0.224 e. The molecule has 0 bridgehead atoms. The maximum atomic E-state index is 13.7. The lowest BCUT2D eigenvalue weighted by Crippen LogP contribution is -2.25. The van der Waals surface area contributed by atoms with E-state index in [2.05, 4.69) is 10.3 Å². The number of carbonyl (C=O) groups excluding carboxylic acids is 1. The van der Waals surface area contributed by atoms with Gasteiger partial charge in [0, 0.05) is 23.3 Å². The molecule has 122 valence electrons. The topological polar surface area (TPSA) is 42.0 Å². The Balaban J connectivity index is 1.64. The van der Waals surface area contributed by atoms with Gasteiger partial charge in [-0.15, -0.1) is 11.3 Å². The molecule has 24 heavy (non-hydrogen) atoms. The van der Waals surface area contributed by atoms with Gasteiger partial charge in [-0.3, -0.25) is 9.78 Å². The number of hydrogen-bond acceptors (Lipinski definition) is 3. The highest BCUT2D eigenvalue weighted by molar-refractivity contribution is 7.13. The molecule has 3 nitrogen and oxygen atoms in total. The van der Waals surface area contributed by atoms with Gasteiger partial charge in [0.1, 0.15) is 5.82 Å². The maximum Gasteiger partial charge on any atom is 0.224 e. The molecule has 3 aromatic rings. The Hall–Kier alpha value is -2.24. The summed E-state index contributed by atoms with van der Waals surface area (Å²) in [6, 6.07) is 12.1. The number of benzene rings is 1. The first-order valence-electron chi connectivity index (χ1n) is 7.32. The van der Waals surface area contributed by atoms with Crippen LogP contribution in [0.2, 0.25) is 5.02 Å². The zero-order chi connectivity index (χ0) is 16.9. The van der Waals surface area contributed by atoms with E-state index in [1.54, 1.807) is 23.6 Å². The summed E-state index contributed by atoms with van der Waals surface area (Å²) in [6.07, 6.45) is 1.62. The lowest BCUT2D eigenvalue weighted by atomic mass is 10.1. The molecule has 1 amide bonds. The van der Waals surface area contributed by atoms with Gasteiger partial charge in [-0.1, -0.05) is 23.7 Å². The fraction of sp³-hybridized carbons (Fsp3) is 0.111. The molecule has 0 aliphatic rings. The largest absolute Gasteiger partial charge is 0.352 e. The third kappa shape index (κ3) is 3.99. The highest BCUT2D eigenvalue weighted by Gasteiger charge is 2.12. The minimum absolute atomic E-state index is 0.0889. The zero-order valence-electron chi connectivity index (χ0n) is 12.6. The Morgan fingerprint density at radius 3 is 2.88 bits per heavy atom. The lowest BCUT2D eigenvalue weighted by molar-refractivity contribution is -0.120. The molecule has 0 saturated carbocycles. The Bertz CT molecular complexity index is 832. The molecule has 0 atom stereocenters. The van der Waals surface area contributed by atoms with E-state index in [4.69, 9.17) is 11.6 Å². The van der Waals surface area contributed by atoms with Crippen molar-refractivity contribution < 1.29 is 9.18 Å². The van der Waals surface area contributed by atoms with Gasteiger partial charge in [0.05, 0.1) is 17.0 Å². The number of carbonyl (C=O) groups is 1. The number of hydrogen-bond donors (Lipinski definition) is 1. The van der Waals surface area contributed by atoms with E-state index < -0.39 is 5.82 Å². The Morgan fingerprint density at radius 1 is 1.25 bits per heavy atom. The summed E-state index contributed by atoms with van der Waals surface area (Å²) in [5.74, 6) is -0.752. The maximum absolute atomic E-state index is 13.7. The summed E-state index contributed by atoms with van der Waals surface area (Å²) in [4.78, 5) is 17.5. The van der Waals surface area contributed by atoms with E-state index in [0.29, 0.717) is 6.54 Å². The highest BCUT2D eigenvalue weighted by Crippen LogP contribution is 2.23. The standard InChI is InChI=1S/C18H14ClFN2OS/c19-14-3-1-4-15(20)13(14)10-18(23)22-11-12-6-7-21-16(9-12)17-5-2-8-24-17/h1-9H,10-11H2,(H,22,23). The second-order valence-electron chi connectivity index (χ2n) is 5.18. The highest BCUT2D eigenvalue weighted by atomic mass is 35.5. The molecular weight excluding hydrogens is 347 g/mol. The van der Waals surface area contributed by atoms with Crippen LogP contribution in [0.1, 0.15) is 11.1 Å². The summed E-state index contributed by atoms with van der Waals surface area (Å²) in [5, 5.41) is 5.03. The molecule has 6 heteroatoms. The molecule has 0 radical (unpaired) electrons. The van der Waals surface area contributed by atoms with Crippen molar-refractivity contribution in [3.8, 4) is 10.6 Å². The van der Waals surface area contributed by atoms with Gasteiger partial charge >= 0.3 is 0 Å². The van der Waals surface area contributed by atoms with E-state index in [0.717, 1.165) is 16.1 Å². The van der Waals surface area contributed by atoms with Gasteiger partial charge in [0.15, 0.2) is 0 Å². The van der Waals surface area contributed by atoms with Crippen LogP contribution in [0, 0.1) is 5.82 Å². The number of rotatable bonds is 5. The van der Waals surface area contributed by atoms with E-state index in [1.807, 2.05) is 29.6 Å². The molecule has 3 rings (SSSR count). The van der Waals surface area contributed by atoms with Crippen molar-refractivity contribution in [2.75, 3.05) is 0 Å². The molecule has 2 aromatic heterocycles. The van der Waals surface area contributed by atoms with E-state index in [-0.39, 0.29) is 22.9 Å². The predicted molar refractivity (Wildman–Crippen MR) is 94.5 cm³/mol. The fourth-order valence-electron chi connectivity index (χ4n) is 2.27. The van der Waals surface area contributed by atoms with E-state index in [1.165, 1.54) is 12.1 Å². The molecule has 0 aliphatic carbocycles. The summed E-state index contributed by atoms with van der Waals surface area (Å²) in [5.41, 5.74) is 2.01. The first-order chi connectivity index (χ1) is 11.6. The minimum atomic E-state index is -0.471. The Morgan fingerprint density at radius 2 is 2.12 bits per heavy atom. The van der Waals surface area contributed by atoms with Crippen LogP contribution in [-0.2, 0) is 17.8 Å². The quantitative estimate of drug-likeness (QED) is 0.729. The number of pyridine rings is 1. The van der Waals surface area contributed by atoms with Crippen LogP contribution in [0.4, 0.5) is 4.39 Å². The van der Waals surface area contributed by atoms with Crippen LogP contribution >= 0.6 is 22.9 Å². The van der Waals surface area contributed by atoms with Crippen molar-refractivity contribution in [3.63, 3.8) is 0 Å². The van der Waals surface area contributed by atoms with E-state index in [9.17, 15) is 9.18 Å². The van der Waals surface area contributed by atoms with Crippen molar-refractivity contribution in [2.45, 2.75) is 13.0 Å². The average Bonchev–Trinajstić information content (AvgIpc) is 3.11. The van der Waals surface area contributed by atoms with Crippen molar-refractivity contribution in [3.05, 3.63) is 76.0 Å². The van der Waals surface area contributed by atoms with Crippen LogP contribution in [-0.4, -0.2) is 10.9 Å². The van der Waals surface area contributed by atoms with Crippen molar-refractivity contribution >= 4 is 28.8 Å². The van der Waals surface area contributed by atoms with Crippen LogP contribution in [0.3, 0.4) is 0 Å². The van der Waals surface area contributed by atoms with Crippen LogP contribution in [0.25, 0.3) is 10.6 Å².